The summed E-state index contributed by atoms with van der Waals surface area (Å²) >= 11 is 0. The maximum Gasteiger partial charge on any atom is 0.0361 e. The van der Waals surface area contributed by atoms with Crippen molar-refractivity contribution in [1.29, 1.82) is 0 Å². The molecule has 100 valence electrons. The van der Waals surface area contributed by atoms with Crippen LogP contribution in [0.3, 0.4) is 0 Å². The molecule has 2 nitrogen and oxygen atoms in total. The monoisotopic (exact) mass is 246 g/mol. The lowest BCUT2D eigenvalue weighted by Gasteiger charge is -2.25. The highest BCUT2D eigenvalue weighted by molar-refractivity contribution is 5.46. The lowest BCUT2D eigenvalue weighted by Crippen LogP contribution is -2.27. The smallest absolute Gasteiger partial charge is 0.0361 e. The van der Waals surface area contributed by atoms with Crippen LogP contribution in [0.4, 0.5) is 5.69 Å². The zero-order valence-corrected chi connectivity index (χ0v) is 11.9. The van der Waals surface area contributed by atoms with Gasteiger partial charge in [0.25, 0.3) is 0 Å². The van der Waals surface area contributed by atoms with Gasteiger partial charge in [0.05, 0.1) is 0 Å². The van der Waals surface area contributed by atoms with E-state index in [0.29, 0.717) is 6.04 Å². The van der Waals surface area contributed by atoms with Crippen molar-refractivity contribution in [2.45, 2.75) is 38.6 Å². The molecule has 0 radical (unpaired) electrons. The molecule has 0 heterocycles. The Balaban J connectivity index is 2.14. The van der Waals surface area contributed by atoms with Gasteiger partial charge < -0.3 is 10.2 Å². The Morgan fingerprint density at radius 2 is 1.78 bits per heavy atom. The lowest BCUT2D eigenvalue weighted by molar-refractivity contribution is 0.374. The second kappa shape index (κ2) is 6.24. The molecule has 18 heavy (non-hydrogen) atoms. The number of hydrogen-bond acceptors (Lipinski definition) is 2. The van der Waals surface area contributed by atoms with Crippen LogP contribution in [0.5, 0.6) is 0 Å². The molecule has 1 N–H and O–H groups in total. The second-order valence-electron chi connectivity index (χ2n) is 5.57. The second-order valence-corrected chi connectivity index (χ2v) is 5.57. The van der Waals surface area contributed by atoms with Gasteiger partial charge in [0.15, 0.2) is 0 Å². The standard InChI is InChI=1S/C16H26N2/c1-4-17-16(13-7-5-6-8-13)14-9-11-15(12-10-14)18(2)3/h9-13,16-17H,4-8H2,1-3H3. The van der Waals surface area contributed by atoms with E-state index < -0.39 is 0 Å². The van der Waals surface area contributed by atoms with Crippen LogP contribution in [0.25, 0.3) is 0 Å². The van der Waals surface area contributed by atoms with Gasteiger partial charge in [0.2, 0.25) is 0 Å². The molecule has 2 rings (SSSR count). The highest BCUT2D eigenvalue weighted by atomic mass is 15.1. The first-order valence-electron chi connectivity index (χ1n) is 7.23. The minimum absolute atomic E-state index is 0.550. The van der Waals surface area contributed by atoms with Crippen LogP contribution in [0.15, 0.2) is 24.3 Å². The van der Waals surface area contributed by atoms with E-state index in [4.69, 9.17) is 0 Å². The summed E-state index contributed by atoms with van der Waals surface area (Å²) in [5.41, 5.74) is 2.73. The number of benzene rings is 1. The fourth-order valence-corrected chi connectivity index (χ4v) is 3.05. The van der Waals surface area contributed by atoms with E-state index in [1.807, 2.05) is 0 Å². The van der Waals surface area contributed by atoms with Gasteiger partial charge >= 0.3 is 0 Å². The molecule has 0 saturated heterocycles. The van der Waals surface area contributed by atoms with Crippen LogP contribution in [0, 0.1) is 5.92 Å². The summed E-state index contributed by atoms with van der Waals surface area (Å²) in [6.07, 6.45) is 5.57. The molecule has 0 bridgehead atoms. The first-order chi connectivity index (χ1) is 8.72. The van der Waals surface area contributed by atoms with Crippen molar-refractivity contribution >= 4 is 5.69 Å². The van der Waals surface area contributed by atoms with E-state index in [9.17, 15) is 0 Å². The van der Waals surface area contributed by atoms with Crippen molar-refractivity contribution in [3.63, 3.8) is 0 Å². The zero-order chi connectivity index (χ0) is 13.0. The minimum atomic E-state index is 0.550. The molecule has 1 fully saturated rings. The van der Waals surface area contributed by atoms with E-state index in [1.165, 1.54) is 36.9 Å². The van der Waals surface area contributed by atoms with Crippen LogP contribution >= 0.6 is 0 Å². The summed E-state index contributed by atoms with van der Waals surface area (Å²) in [5.74, 6) is 0.829. The summed E-state index contributed by atoms with van der Waals surface area (Å²) in [5, 5.41) is 3.68. The van der Waals surface area contributed by atoms with Gasteiger partial charge in [0.1, 0.15) is 0 Å². The van der Waals surface area contributed by atoms with E-state index in [-0.39, 0.29) is 0 Å². The number of nitrogens with zero attached hydrogens (tertiary/aromatic N) is 1. The number of nitrogens with one attached hydrogen (secondary N) is 1. The molecule has 0 aliphatic heterocycles. The molecule has 0 amide bonds. The largest absolute Gasteiger partial charge is 0.378 e. The molecule has 1 unspecified atom stereocenters. The Morgan fingerprint density at radius 3 is 2.28 bits per heavy atom. The van der Waals surface area contributed by atoms with Crippen molar-refractivity contribution in [2.24, 2.45) is 5.92 Å². The van der Waals surface area contributed by atoms with Crippen molar-refractivity contribution in [2.75, 3.05) is 25.5 Å². The van der Waals surface area contributed by atoms with Crippen molar-refractivity contribution < 1.29 is 0 Å². The fraction of sp³-hybridized carbons (Fsp3) is 0.625. The molecule has 1 aromatic carbocycles. The third kappa shape index (κ3) is 3.05. The van der Waals surface area contributed by atoms with Gasteiger partial charge in [-0.1, -0.05) is 31.9 Å². The van der Waals surface area contributed by atoms with Gasteiger partial charge in [-0.3, -0.25) is 0 Å². The van der Waals surface area contributed by atoms with Crippen LogP contribution in [0.2, 0.25) is 0 Å². The first-order valence-corrected chi connectivity index (χ1v) is 7.23. The molecule has 0 spiro atoms. The van der Waals surface area contributed by atoms with Gasteiger partial charge in [-0.2, -0.15) is 0 Å². The number of anilines is 1. The summed E-state index contributed by atoms with van der Waals surface area (Å²) in [6.45, 7) is 3.26. The SMILES string of the molecule is CCNC(c1ccc(N(C)C)cc1)C1CCCC1. The average molecular weight is 246 g/mol. The van der Waals surface area contributed by atoms with Crippen LogP contribution in [-0.4, -0.2) is 20.6 Å². The summed E-state index contributed by atoms with van der Waals surface area (Å²) < 4.78 is 0. The van der Waals surface area contributed by atoms with Gasteiger partial charge in [-0.25, -0.2) is 0 Å². The van der Waals surface area contributed by atoms with Gasteiger partial charge in [-0.15, -0.1) is 0 Å². The molecule has 0 aromatic heterocycles. The lowest BCUT2D eigenvalue weighted by atomic mass is 9.91. The van der Waals surface area contributed by atoms with E-state index in [2.05, 4.69) is 55.5 Å². The normalized spacial score (nSPS) is 17.9. The van der Waals surface area contributed by atoms with E-state index in [0.717, 1.165) is 12.5 Å². The predicted octanol–water partition coefficient (Wildman–Crippen LogP) is 3.59. The van der Waals surface area contributed by atoms with Crippen molar-refractivity contribution in [3.8, 4) is 0 Å². The van der Waals surface area contributed by atoms with Crippen LogP contribution in [0.1, 0.15) is 44.2 Å². The molecule has 1 aliphatic carbocycles. The molecular formula is C16H26N2. The van der Waals surface area contributed by atoms with Gasteiger partial charge in [0, 0.05) is 25.8 Å². The first kappa shape index (κ1) is 13.4. The maximum absolute atomic E-state index is 3.68. The van der Waals surface area contributed by atoms with Crippen molar-refractivity contribution in [1.82, 2.24) is 5.32 Å². The average Bonchev–Trinajstić information content (AvgIpc) is 2.90. The quantitative estimate of drug-likeness (QED) is 0.854. The predicted molar refractivity (Wildman–Crippen MR) is 79.1 cm³/mol. The summed E-state index contributed by atoms with van der Waals surface area (Å²) in [4.78, 5) is 2.15. The fourth-order valence-electron chi connectivity index (χ4n) is 3.05. The van der Waals surface area contributed by atoms with Gasteiger partial charge in [-0.05, 0) is 43.0 Å². The Bertz CT molecular complexity index is 350. The van der Waals surface area contributed by atoms with E-state index >= 15 is 0 Å². The number of hydrogen-bond donors (Lipinski definition) is 1. The maximum atomic E-state index is 3.68. The zero-order valence-electron chi connectivity index (χ0n) is 11.9. The Kier molecular flexibility index (Phi) is 4.65. The summed E-state index contributed by atoms with van der Waals surface area (Å²) in [7, 11) is 4.18. The topological polar surface area (TPSA) is 15.3 Å². The molecule has 1 aromatic rings. The van der Waals surface area contributed by atoms with E-state index in [1.54, 1.807) is 0 Å². The van der Waals surface area contributed by atoms with Crippen LogP contribution < -0.4 is 10.2 Å². The molecule has 1 saturated carbocycles. The molecule has 1 aliphatic rings. The molecular weight excluding hydrogens is 220 g/mol. The minimum Gasteiger partial charge on any atom is -0.378 e. The Labute approximate surface area is 111 Å². The number of rotatable bonds is 5. The molecule has 1 atom stereocenters. The summed E-state index contributed by atoms with van der Waals surface area (Å²) in [6, 6.07) is 9.60. The van der Waals surface area contributed by atoms with Crippen molar-refractivity contribution in [3.05, 3.63) is 29.8 Å². The third-order valence-corrected chi connectivity index (χ3v) is 4.06. The van der Waals surface area contributed by atoms with Crippen LogP contribution in [-0.2, 0) is 0 Å². The third-order valence-electron chi connectivity index (χ3n) is 4.06. The highest BCUT2D eigenvalue weighted by Crippen LogP contribution is 2.36. The molecule has 2 heteroatoms. The highest BCUT2D eigenvalue weighted by Gasteiger charge is 2.25. The Hall–Kier alpha value is -1.02. The Morgan fingerprint density at radius 1 is 1.17 bits per heavy atom.